The molecule has 2 heteroatoms. The first-order valence-corrected chi connectivity index (χ1v) is 3.66. The molecule has 0 heterocycles. The van der Waals surface area contributed by atoms with Crippen molar-refractivity contribution in [3.8, 4) is 5.75 Å². The van der Waals surface area contributed by atoms with Crippen molar-refractivity contribution in [2.75, 3.05) is 13.6 Å². The Labute approximate surface area is 66.9 Å². The molecule has 0 saturated heterocycles. The highest BCUT2D eigenvalue weighted by Gasteiger charge is 1.88. The van der Waals surface area contributed by atoms with Gasteiger partial charge >= 0.3 is 0 Å². The highest BCUT2D eigenvalue weighted by Crippen LogP contribution is 2.10. The summed E-state index contributed by atoms with van der Waals surface area (Å²) in [6.45, 7) is 0.852. The lowest BCUT2D eigenvalue weighted by Gasteiger charge is -2.09. The van der Waals surface area contributed by atoms with Crippen molar-refractivity contribution in [2.45, 2.75) is 6.42 Å². The third kappa shape index (κ3) is 2.60. The Morgan fingerprint density at radius 3 is 2.45 bits per heavy atom. The van der Waals surface area contributed by atoms with E-state index >= 15 is 0 Å². The number of phenols is 1. The van der Waals surface area contributed by atoms with Crippen LogP contribution >= 0.6 is 0 Å². The third-order valence-electron chi connectivity index (χ3n) is 1.56. The van der Waals surface area contributed by atoms with Crippen molar-refractivity contribution >= 4 is 0 Å². The van der Waals surface area contributed by atoms with Gasteiger partial charge in [0.25, 0.3) is 0 Å². The number of likely N-dealkylation sites (N-methyl/N-ethyl adjacent to an activating group) is 1. The van der Waals surface area contributed by atoms with Crippen LogP contribution in [0.2, 0.25) is 0 Å². The Kier molecular flexibility index (Phi) is 2.93. The molecule has 60 valence electrons. The number of benzene rings is 1. The monoisotopic (exact) mass is 150 g/mol. The van der Waals surface area contributed by atoms with E-state index < -0.39 is 0 Å². The van der Waals surface area contributed by atoms with E-state index in [2.05, 4.69) is 5.32 Å². The average Bonchev–Trinajstić information content (AvgIpc) is 2.04. The average molecular weight is 150 g/mol. The molecule has 0 atom stereocenters. The minimum Gasteiger partial charge on any atom is -0.665 e. The minimum atomic E-state index is 0.321. The van der Waals surface area contributed by atoms with Crippen LogP contribution in [0.15, 0.2) is 24.3 Å². The molecule has 1 aromatic rings. The van der Waals surface area contributed by atoms with Gasteiger partial charge in [-0.2, -0.15) is 7.05 Å². The van der Waals surface area contributed by atoms with Crippen LogP contribution in [-0.2, 0) is 6.42 Å². The summed E-state index contributed by atoms with van der Waals surface area (Å²) in [5, 5.41) is 12.9. The summed E-state index contributed by atoms with van der Waals surface area (Å²) < 4.78 is 0. The fraction of sp³-hybridized carbons (Fsp3) is 0.333. The van der Waals surface area contributed by atoms with E-state index in [4.69, 9.17) is 5.11 Å². The van der Waals surface area contributed by atoms with Crippen molar-refractivity contribution in [3.63, 3.8) is 0 Å². The predicted octanol–water partition coefficient (Wildman–Crippen LogP) is 1.94. The fourth-order valence-corrected chi connectivity index (χ4v) is 0.904. The Bertz CT molecular complexity index is 205. The van der Waals surface area contributed by atoms with Crippen LogP contribution in [0.5, 0.6) is 5.75 Å². The summed E-state index contributed by atoms with van der Waals surface area (Å²) in [5.74, 6) is 0.321. The molecule has 0 amide bonds. The first-order chi connectivity index (χ1) is 5.33. The van der Waals surface area contributed by atoms with Crippen molar-refractivity contribution in [3.05, 3.63) is 35.1 Å². The van der Waals surface area contributed by atoms with Crippen LogP contribution in [0.25, 0.3) is 5.32 Å². The second-order valence-electron chi connectivity index (χ2n) is 2.46. The molecule has 0 spiro atoms. The van der Waals surface area contributed by atoms with Gasteiger partial charge in [0, 0.05) is 0 Å². The summed E-state index contributed by atoms with van der Waals surface area (Å²) in [4.78, 5) is 0. The Hall–Kier alpha value is -1.02. The van der Waals surface area contributed by atoms with Crippen LogP contribution in [0.3, 0.4) is 0 Å². The second-order valence-corrected chi connectivity index (χ2v) is 2.46. The van der Waals surface area contributed by atoms with E-state index in [1.165, 1.54) is 5.56 Å². The van der Waals surface area contributed by atoms with Crippen LogP contribution in [-0.4, -0.2) is 18.7 Å². The molecule has 0 aliphatic rings. The lowest BCUT2D eigenvalue weighted by atomic mass is 10.1. The maximum Gasteiger partial charge on any atom is 0.115 e. The molecular weight excluding hydrogens is 138 g/mol. The van der Waals surface area contributed by atoms with Crippen molar-refractivity contribution < 1.29 is 5.11 Å². The summed E-state index contributed by atoms with van der Waals surface area (Å²) in [6, 6.07) is 7.23. The van der Waals surface area contributed by atoms with E-state index in [9.17, 15) is 0 Å². The van der Waals surface area contributed by atoms with E-state index in [1.807, 2.05) is 12.1 Å². The van der Waals surface area contributed by atoms with Crippen LogP contribution in [0.1, 0.15) is 5.56 Å². The molecule has 2 nitrogen and oxygen atoms in total. The molecule has 0 aliphatic carbocycles. The van der Waals surface area contributed by atoms with Gasteiger partial charge < -0.3 is 10.4 Å². The van der Waals surface area contributed by atoms with Crippen molar-refractivity contribution in [2.24, 2.45) is 0 Å². The highest BCUT2D eigenvalue weighted by atomic mass is 16.3. The smallest absolute Gasteiger partial charge is 0.115 e. The predicted molar refractivity (Wildman–Crippen MR) is 46.0 cm³/mol. The maximum absolute atomic E-state index is 8.96. The van der Waals surface area contributed by atoms with Gasteiger partial charge in [0.05, 0.1) is 0 Å². The molecule has 0 unspecified atom stereocenters. The Morgan fingerprint density at radius 1 is 1.27 bits per heavy atom. The molecule has 1 N–H and O–H groups in total. The molecular formula is C9H12NO-. The van der Waals surface area contributed by atoms with Crippen LogP contribution in [0, 0.1) is 0 Å². The standard InChI is InChI=1S/C9H12NO/c1-10-7-6-8-2-4-9(11)5-3-8/h2-5,11H,6-7H2,1H3/q-1. The quantitative estimate of drug-likeness (QED) is 0.702. The SMILES string of the molecule is C[N-]CCc1ccc(O)cc1. The lowest BCUT2D eigenvalue weighted by Crippen LogP contribution is -1.88. The fourth-order valence-electron chi connectivity index (χ4n) is 0.904. The first-order valence-electron chi connectivity index (χ1n) is 3.66. The largest absolute Gasteiger partial charge is 0.665 e. The molecule has 0 radical (unpaired) electrons. The van der Waals surface area contributed by atoms with E-state index in [0.717, 1.165) is 13.0 Å². The number of nitrogens with zero attached hydrogens (tertiary/aromatic N) is 1. The minimum absolute atomic E-state index is 0.321. The van der Waals surface area contributed by atoms with Crippen LogP contribution < -0.4 is 0 Å². The molecule has 0 bridgehead atoms. The number of phenolic OH excluding ortho intramolecular Hbond substituents is 1. The normalized spacial score (nSPS) is 9.91. The van der Waals surface area contributed by atoms with E-state index in [-0.39, 0.29) is 0 Å². The van der Waals surface area contributed by atoms with Gasteiger partial charge in [-0.05, 0) is 24.1 Å². The molecule has 0 saturated carbocycles. The van der Waals surface area contributed by atoms with Crippen molar-refractivity contribution in [1.29, 1.82) is 0 Å². The van der Waals surface area contributed by atoms with Gasteiger partial charge in [-0.1, -0.05) is 12.1 Å². The zero-order chi connectivity index (χ0) is 8.10. The molecule has 11 heavy (non-hydrogen) atoms. The molecule has 1 aromatic carbocycles. The van der Waals surface area contributed by atoms with Gasteiger partial charge in [0.1, 0.15) is 5.75 Å². The van der Waals surface area contributed by atoms with Gasteiger partial charge in [-0.25, -0.2) is 0 Å². The summed E-state index contributed by atoms with van der Waals surface area (Å²) in [5.41, 5.74) is 1.22. The molecule has 0 fully saturated rings. The van der Waals surface area contributed by atoms with Gasteiger partial charge in [0.2, 0.25) is 0 Å². The van der Waals surface area contributed by atoms with Crippen LogP contribution in [0.4, 0.5) is 0 Å². The second kappa shape index (κ2) is 3.98. The maximum atomic E-state index is 8.96. The van der Waals surface area contributed by atoms with Crippen molar-refractivity contribution in [1.82, 2.24) is 0 Å². The van der Waals surface area contributed by atoms with Gasteiger partial charge in [-0.15, -0.1) is 6.54 Å². The molecule has 1 rings (SSSR count). The summed E-state index contributed by atoms with van der Waals surface area (Å²) in [6.07, 6.45) is 0.955. The number of hydrogen-bond acceptors (Lipinski definition) is 1. The summed E-state index contributed by atoms with van der Waals surface area (Å²) >= 11 is 0. The van der Waals surface area contributed by atoms with Gasteiger partial charge in [0.15, 0.2) is 0 Å². The number of aromatic hydroxyl groups is 1. The van der Waals surface area contributed by atoms with E-state index in [1.54, 1.807) is 19.2 Å². The summed E-state index contributed by atoms with van der Waals surface area (Å²) in [7, 11) is 1.81. The van der Waals surface area contributed by atoms with E-state index in [0.29, 0.717) is 5.75 Å². The molecule has 0 aliphatic heterocycles. The zero-order valence-electron chi connectivity index (χ0n) is 6.62. The van der Waals surface area contributed by atoms with Gasteiger partial charge in [-0.3, -0.25) is 0 Å². The molecule has 0 aromatic heterocycles. The number of rotatable bonds is 3. The lowest BCUT2D eigenvalue weighted by molar-refractivity contribution is 0.475. The Morgan fingerprint density at radius 2 is 1.91 bits per heavy atom. The number of hydrogen-bond donors (Lipinski definition) is 1. The zero-order valence-corrected chi connectivity index (χ0v) is 6.62. The third-order valence-corrected chi connectivity index (χ3v) is 1.56. The topological polar surface area (TPSA) is 34.3 Å². The first kappa shape index (κ1) is 8.08. The Balaban J connectivity index is 2.52. The highest BCUT2D eigenvalue weighted by molar-refractivity contribution is 5.26.